The van der Waals surface area contributed by atoms with Crippen LogP contribution in [0.1, 0.15) is 31.0 Å². The minimum absolute atomic E-state index is 0.0244. The van der Waals surface area contributed by atoms with Crippen LogP contribution < -0.4 is 0 Å². The maximum atomic E-state index is 13.4. The summed E-state index contributed by atoms with van der Waals surface area (Å²) in [6, 6.07) is 11.9. The van der Waals surface area contributed by atoms with Crippen LogP contribution in [0, 0.1) is 5.82 Å². The van der Waals surface area contributed by atoms with Crippen LogP contribution >= 0.6 is 0 Å². The number of benzene rings is 2. The van der Waals surface area contributed by atoms with E-state index in [-0.39, 0.29) is 17.8 Å². The monoisotopic (exact) mass is 348 g/mol. The highest BCUT2D eigenvalue weighted by molar-refractivity contribution is 5.76. The molecule has 0 radical (unpaired) electrons. The summed E-state index contributed by atoms with van der Waals surface area (Å²) < 4.78 is 45.7. The molecule has 0 N–H and O–H groups in total. The molecule has 3 aromatic rings. The first-order valence-electron chi connectivity index (χ1n) is 7.64. The summed E-state index contributed by atoms with van der Waals surface area (Å²) in [5, 5.41) is 0. The zero-order chi connectivity index (χ0) is 18.0. The van der Waals surface area contributed by atoms with Crippen LogP contribution in [0.4, 0.5) is 13.2 Å². The molecule has 0 fully saturated rings. The summed E-state index contributed by atoms with van der Waals surface area (Å²) in [5.41, 5.74) is 1.24. The molecular formula is C18H15F3N2O2. The van der Waals surface area contributed by atoms with E-state index in [4.69, 9.17) is 4.74 Å². The van der Waals surface area contributed by atoms with E-state index < -0.39 is 24.4 Å². The lowest BCUT2D eigenvalue weighted by molar-refractivity contribution is -0.148. The lowest BCUT2D eigenvalue weighted by Gasteiger charge is -2.15. The van der Waals surface area contributed by atoms with Gasteiger partial charge in [-0.2, -0.15) is 8.78 Å². The van der Waals surface area contributed by atoms with Crippen LogP contribution in [0.2, 0.25) is 0 Å². The van der Waals surface area contributed by atoms with Gasteiger partial charge < -0.3 is 4.74 Å². The van der Waals surface area contributed by atoms with Gasteiger partial charge in [0.25, 0.3) is 0 Å². The highest BCUT2D eigenvalue weighted by Gasteiger charge is 2.24. The van der Waals surface area contributed by atoms with Crippen molar-refractivity contribution in [2.45, 2.75) is 26.0 Å². The van der Waals surface area contributed by atoms with Gasteiger partial charge >= 0.3 is 12.5 Å². The molecule has 2 aromatic carbocycles. The maximum Gasteiger partial charge on any atom is 0.320 e. The highest BCUT2D eigenvalue weighted by Crippen LogP contribution is 2.28. The Morgan fingerprint density at radius 2 is 1.84 bits per heavy atom. The molecule has 1 aromatic heterocycles. The van der Waals surface area contributed by atoms with E-state index in [1.165, 1.54) is 37.3 Å². The van der Waals surface area contributed by atoms with Crippen molar-refractivity contribution >= 4 is 17.0 Å². The molecule has 0 aliphatic heterocycles. The molecule has 25 heavy (non-hydrogen) atoms. The Labute approximate surface area is 141 Å². The predicted octanol–water partition coefficient (Wildman–Crippen LogP) is 4.42. The fourth-order valence-electron chi connectivity index (χ4n) is 2.62. The number of hydrogen-bond donors (Lipinski definition) is 0. The number of halogens is 3. The lowest BCUT2D eigenvalue weighted by Crippen LogP contribution is -2.16. The van der Waals surface area contributed by atoms with Crippen LogP contribution in [0.5, 0.6) is 0 Å². The van der Waals surface area contributed by atoms with Gasteiger partial charge in [0.05, 0.1) is 17.5 Å². The standard InChI is InChI=1S/C18H15F3N2O2/c1-11(25-16(24)10-12-6-8-13(19)9-7-12)17-22-14-4-2-3-5-15(14)23(17)18(20)21/h2-9,11,18H,10H2,1H3. The molecule has 1 heterocycles. The van der Waals surface area contributed by atoms with E-state index in [1.807, 2.05) is 0 Å². The largest absolute Gasteiger partial charge is 0.454 e. The van der Waals surface area contributed by atoms with Crippen molar-refractivity contribution < 1.29 is 22.7 Å². The van der Waals surface area contributed by atoms with Crippen LogP contribution in [0.25, 0.3) is 11.0 Å². The quantitative estimate of drug-likeness (QED) is 0.641. The average Bonchev–Trinajstić information content (AvgIpc) is 2.96. The molecule has 130 valence electrons. The maximum absolute atomic E-state index is 13.4. The van der Waals surface area contributed by atoms with Gasteiger partial charge in [-0.15, -0.1) is 0 Å². The van der Waals surface area contributed by atoms with Crippen molar-refractivity contribution in [2.24, 2.45) is 0 Å². The van der Waals surface area contributed by atoms with Crippen LogP contribution in [-0.4, -0.2) is 15.5 Å². The number of esters is 1. The normalized spacial score (nSPS) is 12.5. The molecule has 0 saturated heterocycles. The summed E-state index contributed by atoms with van der Waals surface area (Å²) in [5.74, 6) is -1.04. The topological polar surface area (TPSA) is 44.1 Å². The van der Waals surface area contributed by atoms with Gasteiger partial charge in [-0.3, -0.25) is 9.36 Å². The molecule has 0 spiro atoms. The molecule has 4 nitrogen and oxygen atoms in total. The minimum atomic E-state index is -2.80. The molecule has 3 rings (SSSR count). The van der Waals surface area contributed by atoms with Gasteiger partial charge in [0, 0.05) is 0 Å². The first kappa shape index (κ1) is 17.0. The molecule has 1 unspecified atom stereocenters. The first-order chi connectivity index (χ1) is 12.0. The van der Waals surface area contributed by atoms with Gasteiger partial charge in [0.1, 0.15) is 5.82 Å². The number of ether oxygens (including phenoxy) is 1. The molecule has 0 aliphatic rings. The summed E-state index contributed by atoms with van der Waals surface area (Å²) in [6.07, 6.45) is -1.03. The van der Waals surface area contributed by atoms with E-state index in [2.05, 4.69) is 4.98 Å². The number of aromatic nitrogens is 2. The zero-order valence-corrected chi connectivity index (χ0v) is 13.3. The molecular weight excluding hydrogens is 333 g/mol. The van der Waals surface area contributed by atoms with E-state index in [0.29, 0.717) is 11.1 Å². The van der Waals surface area contributed by atoms with Crippen LogP contribution in [-0.2, 0) is 16.0 Å². The molecule has 0 saturated carbocycles. The van der Waals surface area contributed by atoms with Crippen LogP contribution in [0.3, 0.4) is 0 Å². The fraction of sp³-hybridized carbons (Fsp3) is 0.222. The van der Waals surface area contributed by atoms with Gasteiger partial charge in [0.15, 0.2) is 11.9 Å². The Bertz CT molecular complexity index is 891. The van der Waals surface area contributed by atoms with Crippen molar-refractivity contribution in [1.82, 2.24) is 9.55 Å². The zero-order valence-electron chi connectivity index (χ0n) is 13.3. The smallest absolute Gasteiger partial charge is 0.320 e. The van der Waals surface area contributed by atoms with Gasteiger partial charge in [-0.25, -0.2) is 9.37 Å². The Morgan fingerprint density at radius 3 is 2.52 bits per heavy atom. The second-order valence-corrected chi connectivity index (χ2v) is 5.54. The molecule has 1 atom stereocenters. The van der Waals surface area contributed by atoms with E-state index in [1.54, 1.807) is 18.2 Å². The number of carbonyl (C=O) groups is 1. The summed E-state index contributed by atoms with van der Waals surface area (Å²) in [4.78, 5) is 16.2. The number of alkyl halides is 2. The summed E-state index contributed by atoms with van der Waals surface area (Å²) in [6.45, 7) is -1.32. The van der Waals surface area contributed by atoms with Crippen molar-refractivity contribution in [3.63, 3.8) is 0 Å². The fourth-order valence-corrected chi connectivity index (χ4v) is 2.62. The van der Waals surface area contributed by atoms with Gasteiger partial charge in [-0.1, -0.05) is 24.3 Å². The third-order valence-electron chi connectivity index (χ3n) is 3.75. The Hall–Kier alpha value is -2.83. The van der Waals surface area contributed by atoms with E-state index in [9.17, 15) is 18.0 Å². The summed E-state index contributed by atoms with van der Waals surface area (Å²) in [7, 11) is 0. The Balaban J connectivity index is 1.79. The van der Waals surface area contributed by atoms with Gasteiger partial charge in [0.2, 0.25) is 0 Å². The number of carbonyl (C=O) groups excluding carboxylic acids is 1. The number of fused-ring (bicyclic) bond motifs is 1. The molecule has 0 aliphatic carbocycles. The molecule has 0 bridgehead atoms. The third kappa shape index (κ3) is 3.65. The van der Waals surface area contributed by atoms with Crippen molar-refractivity contribution in [3.05, 3.63) is 65.7 Å². The average molecular weight is 348 g/mol. The summed E-state index contributed by atoms with van der Waals surface area (Å²) >= 11 is 0. The minimum Gasteiger partial charge on any atom is -0.454 e. The van der Waals surface area contributed by atoms with Crippen molar-refractivity contribution in [2.75, 3.05) is 0 Å². The number of nitrogens with zero attached hydrogens (tertiary/aromatic N) is 2. The predicted molar refractivity (Wildman–Crippen MR) is 85.6 cm³/mol. The molecule has 0 amide bonds. The van der Waals surface area contributed by atoms with E-state index in [0.717, 1.165) is 4.57 Å². The lowest BCUT2D eigenvalue weighted by atomic mass is 10.1. The number of imidazole rings is 1. The van der Waals surface area contributed by atoms with Gasteiger partial charge in [-0.05, 0) is 36.8 Å². The second kappa shape index (κ2) is 6.96. The molecule has 7 heteroatoms. The number of hydrogen-bond acceptors (Lipinski definition) is 3. The van der Waals surface area contributed by atoms with Crippen molar-refractivity contribution in [1.29, 1.82) is 0 Å². The third-order valence-corrected chi connectivity index (χ3v) is 3.75. The Kier molecular flexibility index (Phi) is 4.74. The Morgan fingerprint density at radius 1 is 1.16 bits per heavy atom. The van der Waals surface area contributed by atoms with Crippen molar-refractivity contribution in [3.8, 4) is 0 Å². The second-order valence-electron chi connectivity index (χ2n) is 5.54. The number of para-hydroxylation sites is 2. The van der Waals surface area contributed by atoms with E-state index >= 15 is 0 Å². The highest BCUT2D eigenvalue weighted by atomic mass is 19.3. The number of rotatable bonds is 5. The first-order valence-corrected chi connectivity index (χ1v) is 7.64. The SMILES string of the molecule is CC(OC(=O)Cc1ccc(F)cc1)c1nc2ccccc2n1C(F)F. The van der Waals surface area contributed by atoms with Crippen LogP contribution in [0.15, 0.2) is 48.5 Å².